The molecule has 0 radical (unpaired) electrons. The van der Waals surface area contributed by atoms with E-state index in [1.165, 1.54) is 0 Å². The summed E-state index contributed by atoms with van der Waals surface area (Å²) in [5.74, 6) is 0. The summed E-state index contributed by atoms with van der Waals surface area (Å²) in [6.45, 7) is 1.84. The smallest absolute Gasteiger partial charge is 0.407 e. The Hall–Kier alpha value is -0.810. The summed E-state index contributed by atoms with van der Waals surface area (Å²) in [6, 6.07) is 0. The van der Waals surface area contributed by atoms with Gasteiger partial charge in [-0.1, -0.05) is 13.3 Å². The van der Waals surface area contributed by atoms with Gasteiger partial charge in [-0.15, -0.1) is 0 Å². The average molecular weight is 191 g/mol. The van der Waals surface area contributed by atoms with E-state index in [1.807, 2.05) is 6.92 Å². The van der Waals surface area contributed by atoms with Gasteiger partial charge < -0.3 is 20.3 Å². The first kappa shape index (κ1) is 12.2. The lowest BCUT2D eigenvalue weighted by Gasteiger charge is -2.12. The van der Waals surface area contributed by atoms with Gasteiger partial charge in [0.25, 0.3) is 0 Å². The molecule has 0 aromatic heterocycles. The second-order valence-electron chi connectivity index (χ2n) is 2.67. The van der Waals surface area contributed by atoms with Crippen molar-refractivity contribution in [2.45, 2.75) is 25.9 Å². The van der Waals surface area contributed by atoms with Gasteiger partial charge in [0.15, 0.2) is 0 Å². The first-order valence-electron chi connectivity index (χ1n) is 4.40. The third-order valence-electron chi connectivity index (χ3n) is 1.48. The SMILES string of the molecule is CCCCNC(=O)OC(CO)CO. The summed E-state index contributed by atoms with van der Waals surface area (Å²) >= 11 is 0. The molecular formula is C8H17NO4. The van der Waals surface area contributed by atoms with E-state index < -0.39 is 12.2 Å². The molecule has 0 bridgehead atoms. The Morgan fingerprint density at radius 3 is 2.54 bits per heavy atom. The van der Waals surface area contributed by atoms with Crippen LogP contribution in [0.3, 0.4) is 0 Å². The summed E-state index contributed by atoms with van der Waals surface area (Å²) in [5, 5.41) is 19.7. The number of amides is 1. The van der Waals surface area contributed by atoms with Crippen LogP contribution in [0.25, 0.3) is 0 Å². The van der Waals surface area contributed by atoms with Gasteiger partial charge in [0.1, 0.15) is 6.10 Å². The maximum atomic E-state index is 10.9. The van der Waals surface area contributed by atoms with Crippen LogP contribution in [0.15, 0.2) is 0 Å². The molecule has 0 spiro atoms. The monoisotopic (exact) mass is 191 g/mol. The van der Waals surface area contributed by atoms with Crippen molar-refractivity contribution in [3.63, 3.8) is 0 Å². The topological polar surface area (TPSA) is 78.8 Å². The van der Waals surface area contributed by atoms with Gasteiger partial charge in [0.2, 0.25) is 0 Å². The second-order valence-corrected chi connectivity index (χ2v) is 2.67. The molecule has 0 aromatic carbocycles. The van der Waals surface area contributed by atoms with Crippen LogP contribution in [-0.2, 0) is 4.74 Å². The van der Waals surface area contributed by atoms with Crippen LogP contribution in [-0.4, -0.2) is 42.2 Å². The van der Waals surface area contributed by atoms with Crippen LogP contribution < -0.4 is 5.32 Å². The summed E-state index contributed by atoms with van der Waals surface area (Å²) < 4.78 is 4.65. The molecule has 0 atom stereocenters. The number of carbonyl (C=O) groups excluding carboxylic acids is 1. The summed E-state index contributed by atoms with van der Waals surface area (Å²) in [4.78, 5) is 10.9. The molecule has 0 aromatic rings. The maximum absolute atomic E-state index is 10.9. The van der Waals surface area contributed by atoms with Crippen molar-refractivity contribution in [2.75, 3.05) is 19.8 Å². The van der Waals surface area contributed by atoms with Crippen molar-refractivity contribution in [1.29, 1.82) is 0 Å². The number of rotatable bonds is 6. The van der Waals surface area contributed by atoms with E-state index in [4.69, 9.17) is 10.2 Å². The summed E-state index contributed by atoms with van der Waals surface area (Å²) in [6.07, 6.45) is 0.463. The normalized spacial score (nSPS) is 10.2. The number of carbonyl (C=O) groups is 1. The zero-order valence-corrected chi connectivity index (χ0v) is 7.82. The van der Waals surface area contributed by atoms with E-state index >= 15 is 0 Å². The minimum atomic E-state index is -0.818. The molecular weight excluding hydrogens is 174 g/mol. The Morgan fingerprint density at radius 2 is 2.08 bits per heavy atom. The zero-order valence-electron chi connectivity index (χ0n) is 7.82. The zero-order chi connectivity index (χ0) is 10.1. The predicted octanol–water partition coefficient (Wildman–Crippen LogP) is -0.134. The second kappa shape index (κ2) is 7.82. The van der Waals surface area contributed by atoms with Crippen LogP contribution in [0.4, 0.5) is 4.79 Å². The number of alkyl carbamates (subject to hydrolysis) is 1. The maximum Gasteiger partial charge on any atom is 0.407 e. The number of aliphatic hydroxyl groups excluding tert-OH is 2. The fourth-order valence-electron chi connectivity index (χ4n) is 0.693. The number of nitrogens with one attached hydrogen (secondary N) is 1. The summed E-state index contributed by atoms with van der Waals surface area (Å²) in [7, 11) is 0. The highest BCUT2D eigenvalue weighted by molar-refractivity contribution is 5.67. The molecule has 1 amide bonds. The van der Waals surface area contributed by atoms with Gasteiger partial charge >= 0.3 is 6.09 Å². The van der Waals surface area contributed by atoms with Crippen molar-refractivity contribution >= 4 is 6.09 Å². The first-order chi connectivity index (χ1) is 6.24. The van der Waals surface area contributed by atoms with Crippen molar-refractivity contribution in [3.8, 4) is 0 Å². The lowest BCUT2D eigenvalue weighted by molar-refractivity contribution is 0.0223. The van der Waals surface area contributed by atoms with E-state index in [1.54, 1.807) is 0 Å². The first-order valence-corrected chi connectivity index (χ1v) is 4.40. The van der Waals surface area contributed by atoms with Gasteiger partial charge in [-0.25, -0.2) is 4.79 Å². The number of aliphatic hydroxyl groups is 2. The fourth-order valence-corrected chi connectivity index (χ4v) is 0.693. The molecule has 0 rings (SSSR count). The Labute approximate surface area is 77.7 Å². The molecule has 13 heavy (non-hydrogen) atoms. The lowest BCUT2D eigenvalue weighted by atomic mass is 10.3. The molecule has 0 fully saturated rings. The third-order valence-corrected chi connectivity index (χ3v) is 1.48. The lowest BCUT2D eigenvalue weighted by Crippen LogP contribution is -2.33. The highest BCUT2D eigenvalue weighted by Crippen LogP contribution is 1.90. The quantitative estimate of drug-likeness (QED) is 0.511. The number of ether oxygens (including phenoxy) is 1. The molecule has 0 aliphatic rings. The molecule has 0 unspecified atom stereocenters. The average Bonchev–Trinajstić information content (AvgIpc) is 2.14. The third kappa shape index (κ3) is 6.36. The minimum Gasteiger partial charge on any atom is -0.441 e. The number of hydrogen-bond donors (Lipinski definition) is 3. The van der Waals surface area contributed by atoms with E-state index in [0.717, 1.165) is 12.8 Å². The standard InChI is InChI=1S/C8H17NO4/c1-2-3-4-9-8(12)13-7(5-10)6-11/h7,10-11H,2-6H2,1H3,(H,9,12). The summed E-state index contributed by atoms with van der Waals surface area (Å²) in [5.41, 5.74) is 0. The van der Waals surface area contributed by atoms with Gasteiger partial charge in [0.05, 0.1) is 13.2 Å². The van der Waals surface area contributed by atoms with Crippen LogP contribution >= 0.6 is 0 Å². The highest BCUT2D eigenvalue weighted by Gasteiger charge is 2.10. The molecule has 78 valence electrons. The minimum absolute atomic E-state index is 0.363. The highest BCUT2D eigenvalue weighted by atomic mass is 16.6. The predicted molar refractivity (Wildman–Crippen MR) is 47.4 cm³/mol. The van der Waals surface area contributed by atoms with E-state index in [2.05, 4.69) is 10.1 Å². The van der Waals surface area contributed by atoms with Crippen molar-refractivity contribution in [1.82, 2.24) is 5.32 Å². The van der Waals surface area contributed by atoms with Crippen LogP contribution in [0.2, 0.25) is 0 Å². The molecule has 0 heterocycles. The van der Waals surface area contributed by atoms with Gasteiger partial charge in [-0.05, 0) is 6.42 Å². The van der Waals surface area contributed by atoms with Crippen LogP contribution in [0, 0.1) is 0 Å². The molecule has 0 saturated heterocycles. The van der Waals surface area contributed by atoms with Gasteiger partial charge in [-0.3, -0.25) is 0 Å². The van der Waals surface area contributed by atoms with Crippen molar-refractivity contribution < 1.29 is 19.7 Å². The Morgan fingerprint density at radius 1 is 1.46 bits per heavy atom. The van der Waals surface area contributed by atoms with E-state index in [-0.39, 0.29) is 13.2 Å². The van der Waals surface area contributed by atoms with E-state index in [0.29, 0.717) is 6.54 Å². The Balaban J connectivity index is 3.48. The molecule has 5 heteroatoms. The molecule has 5 nitrogen and oxygen atoms in total. The van der Waals surface area contributed by atoms with Crippen LogP contribution in [0.5, 0.6) is 0 Å². The van der Waals surface area contributed by atoms with Crippen molar-refractivity contribution in [3.05, 3.63) is 0 Å². The van der Waals surface area contributed by atoms with E-state index in [9.17, 15) is 4.79 Å². The molecule has 0 saturated carbocycles. The number of unbranched alkanes of at least 4 members (excludes halogenated alkanes) is 1. The molecule has 3 N–H and O–H groups in total. The van der Waals surface area contributed by atoms with Gasteiger partial charge in [0, 0.05) is 6.54 Å². The molecule has 0 aliphatic heterocycles. The van der Waals surface area contributed by atoms with Crippen LogP contribution in [0.1, 0.15) is 19.8 Å². The largest absolute Gasteiger partial charge is 0.441 e. The van der Waals surface area contributed by atoms with Gasteiger partial charge in [-0.2, -0.15) is 0 Å². The number of hydrogen-bond acceptors (Lipinski definition) is 4. The Kier molecular flexibility index (Phi) is 7.33. The Bertz CT molecular complexity index is 136. The molecule has 0 aliphatic carbocycles. The fraction of sp³-hybridized carbons (Fsp3) is 0.875. The van der Waals surface area contributed by atoms with Crippen molar-refractivity contribution in [2.24, 2.45) is 0 Å².